The Bertz CT molecular complexity index is 2670. The molecule has 1 N–H and O–H groups in total. The number of thiophene rings is 1. The zero-order valence-corrected chi connectivity index (χ0v) is 35.7. The van der Waals surface area contributed by atoms with Crippen LogP contribution in [0.5, 0.6) is 6.01 Å². The van der Waals surface area contributed by atoms with Gasteiger partial charge in [0.25, 0.3) is 5.91 Å². The van der Waals surface area contributed by atoms with Crippen molar-refractivity contribution in [3.8, 4) is 23.2 Å². The average molecular weight is 883 g/mol. The molecule has 3 aliphatic rings. The second-order valence-corrected chi connectivity index (χ2v) is 18.2. The van der Waals surface area contributed by atoms with E-state index in [1.54, 1.807) is 39.5 Å². The van der Waals surface area contributed by atoms with Gasteiger partial charge in [0.15, 0.2) is 11.5 Å². The van der Waals surface area contributed by atoms with Crippen LogP contribution in [0.3, 0.4) is 0 Å². The maximum Gasteiger partial charge on any atom is 0.412 e. The van der Waals surface area contributed by atoms with E-state index < -0.39 is 28.9 Å². The number of benzene rings is 2. The lowest BCUT2D eigenvalue weighted by molar-refractivity contribution is 0.0636. The number of hydrogen-bond acceptors (Lipinski definition) is 11. The molecule has 2 saturated heterocycles. The van der Waals surface area contributed by atoms with Crippen molar-refractivity contribution in [2.24, 2.45) is 0 Å². The number of carbonyl (C=O) groups is 2. The predicted octanol–water partition coefficient (Wildman–Crippen LogP) is 9.09. The van der Waals surface area contributed by atoms with E-state index >= 15 is 8.78 Å². The number of amides is 2. The van der Waals surface area contributed by atoms with Gasteiger partial charge in [0.1, 0.15) is 40.4 Å². The summed E-state index contributed by atoms with van der Waals surface area (Å²) in [5.74, 6) is -1.68. The highest BCUT2D eigenvalue weighted by Gasteiger charge is 2.47. The number of aryl methyl sites for hydroxylation is 1. The van der Waals surface area contributed by atoms with E-state index in [-0.39, 0.29) is 89.3 Å². The number of nitrogens with one attached hydrogen (secondary N) is 1. The van der Waals surface area contributed by atoms with Gasteiger partial charge in [0, 0.05) is 50.1 Å². The number of carbonyl (C=O) groups excluding carboxylic acids is 2. The minimum absolute atomic E-state index is 0.0121. The first kappa shape index (κ1) is 41.6. The molecule has 19 heteroatoms. The van der Waals surface area contributed by atoms with Gasteiger partial charge in [-0.3, -0.25) is 19.7 Å². The molecule has 6 heterocycles. The quantitative estimate of drug-likeness (QED) is 0.168. The normalized spacial score (nSPS) is 18.8. The van der Waals surface area contributed by atoms with E-state index in [1.165, 1.54) is 17.0 Å². The zero-order chi connectivity index (χ0) is 42.8. The molecule has 8 rings (SSSR count). The first-order valence-electron chi connectivity index (χ1n) is 19.3. The van der Waals surface area contributed by atoms with Crippen LogP contribution >= 0.6 is 34.5 Å². The molecule has 60 heavy (non-hydrogen) atoms. The first-order chi connectivity index (χ1) is 28.5. The minimum atomic E-state index is -0.892. The topological polar surface area (TPSA) is 142 Å². The lowest BCUT2D eigenvalue weighted by Crippen LogP contribution is -2.43. The SMILES string of the molecule is CN(C)C(=O)c1nn2c(c1Cl)CN(c1nc(OCC34CCCN3C/C(=C\F)C4)nc3c(F)c(-c4ccc(F)c5sc(NC(=O)OC(C)(C)C)c(C#N)c45)c(Cl)cc13)CCC2. The van der Waals surface area contributed by atoms with E-state index in [1.807, 2.05) is 11.0 Å². The summed E-state index contributed by atoms with van der Waals surface area (Å²) in [6, 6.07) is 5.88. The van der Waals surface area contributed by atoms with Crippen LogP contribution in [0.15, 0.2) is 30.1 Å². The summed E-state index contributed by atoms with van der Waals surface area (Å²) >= 11 is 14.6. The van der Waals surface area contributed by atoms with E-state index in [0.717, 1.165) is 36.8 Å². The van der Waals surface area contributed by atoms with Crippen LogP contribution in [0.2, 0.25) is 10.0 Å². The lowest BCUT2D eigenvalue weighted by Gasteiger charge is -2.31. The Hall–Kier alpha value is -5.15. The molecule has 0 radical (unpaired) electrons. The summed E-state index contributed by atoms with van der Waals surface area (Å²) in [7, 11) is 3.22. The van der Waals surface area contributed by atoms with Gasteiger partial charge >= 0.3 is 12.1 Å². The molecule has 0 aliphatic carbocycles. The molecule has 13 nitrogen and oxygen atoms in total. The van der Waals surface area contributed by atoms with Gasteiger partial charge < -0.3 is 19.3 Å². The molecule has 5 aromatic rings. The third-order valence-corrected chi connectivity index (χ3v) is 12.8. The number of nitrogens with zero attached hydrogens (tertiary/aromatic N) is 8. The lowest BCUT2D eigenvalue weighted by atomic mass is 9.94. The molecule has 1 atom stereocenters. The number of ether oxygens (including phenoxy) is 2. The van der Waals surface area contributed by atoms with Crippen LogP contribution in [0, 0.1) is 23.0 Å². The van der Waals surface area contributed by atoms with Gasteiger partial charge in [0.2, 0.25) is 0 Å². The molecule has 1 unspecified atom stereocenters. The Morgan fingerprint density at radius 3 is 2.63 bits per heavy atom. The van der Waals surface area contributed by atoms with Gasteiger partial charge in [-0.2, -0.15) is 20.3 Å². The molecule has 3 aliphatic heterocycles. The number of nitriles is 1. The summed E-state index contributed by atoms with van der Waals surface area (Å²) in [5, 5.41) is 17.8. The van der Waals surface area contributed by atoms with Crippen molar-refractivity contribution in [3.05, 3.63) is 68.7 Å². The molecule has 2 aromatic carbocycles. The van der Waals surface area contributed by atoms with Crippen LogP contribution in [0.25, 0.3) is 32.1 Å². The molecule has 3 aromatic heterocycles. The van der Waals surface area contributed by atoms with Crippen LogP contribution in [-0.4, -0.2) is 93.0 Å². The van der Waals surface area contributed by atoms with Crippen LogP contribution < -0.4 is 15.0 Å². The first-order valence-corrected chi connectivity index (χ1v) is 20.8. The van der Waals surface area contributed by atoms with Gasteiger partial charge in [-0.1, -0.05) is 29.3 Å². The molecule has 0 spiro atoms. The number of aromatic nitrogens is 4. The average Bonchev–Trinajstić information content (AvgIpc) is 3.89. The van der Waals surface area contributed by atoms with Crippen molar-refractivity contribution in [2.75, 3.05) is 50.6 Å². The smallest absolute Gasteiger partial charge is 0.412 e. The number of halogens is 5. The number of fused-ring (bicyclic) bond motifs is 4. The third kappa shape index (κ3) is 7.37. The Morgan fingerprint density at radius 2 is 1.92 bits per heavy atom. The monoisotopic (exact) mass is 881 g/mol. The molecule has 0 bridgehead atoms. The summed E-state index contributed by atoms with van der Waals surface area (Å²) in [6.07, 6.45) is 2.47. The highest BCUT2D eigenvalue weighted by atomic mass is 35.5. The van der Waals surface area contributed by atoms with Crippen molar-refractivity contribution in [2.45, 2.75) is 70.7 Å². The molecular formula is C41H40Cl2F3N9O4S. The Balaban J connectivity index is 1.28. The van der Waals surface area contributed by atoms with Crippen molar-refractivity contribution in [3.63, 3.8) is 0 Å². The maximum atomic E-state index is 17.6. The number of anilines is 2. The zero-order valence-electron chi connectivity index (χ0n) is 33.4. The highest BCUT2D eigenvalue weighted by molar-refractivity contribution is 7.23. The van der Waals surface area contributed by atoms with E-state index in [0.29, 0.717) is 50.1 Å². The Kier molecular flexibility index (Phi) is 10.9. The predicted molar refractivity (Wildman–Crippen MR) is 224 cm³/mol. The van der Waals surface area contributed by atoms with E-state index in [9.17, 15) is 19.2 Å². The third-order valence-electron chi connectivity index (χ3n) is 11.0. The van der Waals surface area contributed by atoms with Crippen molar-refractivity contribution >= 4 is 78.3 Å². The second kappa shape index (κ2) is 15.7. The van der Waals surface area contributed by atoms with E-state index in [4.69, 9.17) is 37.7 Å². The fraction of sp³-hybridized carbons (Fsp3) is 0.415. The van der Waals surface area contributed by atoms with Crippen molar-refractivity contribution in [1.82, 2.24) is 29.5 Å². The number of hydrogen-bond donors (Lipinski definition) is 1. The van der Waals surface area contributed by atoms with Crippen LogP contribution in [0.4, 0.5) is 28.8 Å². The van der Waals surface area contributed by atoms with Gasteiger partial charge in [0.05, 0.1) is 44.4 Å². The molecule has 0 saturated carbocycles. The summed E-state index contributed by atoms with van der Waals surface area (Å²) < 4.78 is 60.2. The molecule has 314 valence electrons. The van der Waals surface area contributed by atoms with Crippen LogP contribution in [0.1, 0.15) is 68.2 Å². The standard InChI is InChI=1S/C41H40Cl2F3N9O4S/c1-40(2,3)59-39(57)50-36-24(17-47)28-22(8-9-26(45)34(28)60-36)29-25(42)14-23-32(31(29)46)48-38(58-20-41-10-6-12-54(41)18-21(15-41)16-44)49-35(23)53-11-7-13-55-27(19-53)30(43)33(51-55)37(56)52(4)5/h8-9,14,16H,6-7,10-13,15,18-20H2,1-5H3,(H,50,57)/b21-16-. The summed E-state index contributed by atoms with van der Waals surface area (Å²) in [6.45, 7) is 7.38. The fourth-order valence-electron chi connectivity index (χ4n) is 8.35. The van der Waals surface area contributed by atoms with Gasteiger partial charge in [-0.15, -0.1) is 11.3 Å². The molecule has 2 fully saturated rings. The fourth-order valence-corrected chi connectivity index (χ4v) is 9.98. The van der Waals surface area contributed by atoms with E-state index in [2.05, 4.69) is 20.3 Å². The van der Waals surface area contributed by atoms with Crippen molar-refractivity contribution < 1.29 is 32.2 Å². The molecule has 2 amide bonds. The maximum absolute atomic E-state index is 17.6. The second-order valence-electron chi connectivity index (χ2n) is 16.4. The summed E-state index contributed by atoms with van der Waals surface area (Å²) in [5.41, 5.74) is -0.383. The van der Waals surface area contributed by atoms with Gasteiger partial charge in [-0.25, -0.2) is 18.0 Å². The summed E-state index contributed by atoms with van der Waals surface area (Å²) in [4.78, 5) is 40.6. The molecular weight excluding hydrogens is 842 g/mol. The van der Waals surface area contributed by atoms with Gasteiger partial charge in [-0.05, 0) is 76.3 Å². The van der Waals surface area contributed by atoms with Crippen molar-refractivity contribution in [1.29, 1.82) is 5.26 Å². The van der Waals surface area contributed by atoms with Crippen LogP contribution in [-0.2, 0) is 17.8 Å². The highest BCUT2D eigenvalue weighted by Crippen LogP contribution is 2.47. The Morgan fingerprint density at radius 1 is 1.13 bits per heavy atom. The Labute approximate surface area is 357 Å². The minimum Gasteiger partial charge on any atom is -0.461 e. The number of rotatable bonds is 7. The largest absolute Gasteiger partial charge is 0.461 e.